The van der Waals surface area contributed by atoms with Crippen LogP contribution in [0.5, 0.6) is 0 Å². The smallest absolute Gasteiger partial charge is 0.352 e. The Labute approximate surface area is 97.0 Å². The second-order valence-corrected chi connectivity index (χ2v) is 4.34. The first-order valence-electron chi connectivity index (χ1n) is 4.70. The molecule has 0 aliphatic carbocycles. The zero-order chi connectivity index (χ0) is 11.5. The van der Waals surface area contributed by atoms with Gasteiger partial charge in [-0.2, -0.15) is 0 Å². The predicted molar refractivity (Wildman–Crippen MR) is 62.8 cm³/mol. The summed E-state index contributed by atoms with van der Waals surface area (Å²) in [6, 6.07) is 3.80. The van der Waals surface area contributed by atoms with Gasteiger partial charge in [-0.3, -0.25) is 0 Å². The summed E-state index contributed by atoms with van der Waals surface area (Å²) in [5.74, 6) is -0.232. The minimum Gasteiger partial charge on any atom is -0.477 e. The molecule has 0 fully saturated rings. The van der Waals surface area contributed by atoms with E-state index >= 15 is 0 Å². The van der Waals surface area contributed by atoms with Gasteiger partial charge < -0.3 is 15.7 Å². The molecule has 0 radical (unpaired) electrons. The number of nitrogens with zero attached hydrogens (tertiary/aromatic N) is 1. The van der Waals surface area contributed by atoms with Gasteiger partial charge in [0.15, 0.2) is 5.50 Å². The molecular formula is C10H11N3O2S. The molecule has 1 aromatic heterocycles. The van der Waals surface area contributed by atoms with Crippen molar-refractivity contribution in [3.8, 4) is 0 Å². The molecule has 0 aromatic carbocycles. The van der Waals surface area contributed by atoms with Crippen LogP contribution in [0.15, 0.2) is 29.4 Å². The third kappa shape index (κ3) is 2.46. The highest BCUT2D eigenvalue weighted by Gasteiger charge is 2.20. The highest BCUT2D eigenvalue weighted by Crippen LogP contribution is 2.21. The monoisotopic (exact) mass is 237 g/mol. The van der Waals surface area contributed by atoms with Gasteiger partial charge in [-0.05, 0) is 18.6 Å². The Bertz CT molecular complexity index is 430. The van der Waals surface area contributed by atoms with Crippen molar-refractivity contribution >= 4 is 23.5 Å². The van der Waals surface area contributed by atoms with E-state index in [1.165, 1.54) is 11.8 Å². The predicted octanol–water partition coefficient (Wildman–Crippen LogP) is 1.35. The number of hydrogen-bond donors (Lipinski definition) is 3. The van der Waals surface area contributed by atoms with E-state index in [1.807, 2.05) is 19.1 Å². The SMILES string of the molecule is Cc1ccc(NC2NC(C(=O)O)=CS2)nc1. The zero-order valence-electron chi connectivity index (χ0n) is 8.60. The van der Waals surface area contributed by atoms with Crippen molar-refractivity contribution < 1.29 is 9.90 Å². The van der Waals surface area contributed by atoms with E-state index in [-0.39, 0.29) is 11.2 Å². The maximum absolute atomic E-state index is 10.7. The lowest BCUT2D eigenvalue weighted by Crippen LogP contribution is -2.31. The van der Waals surface area contributed by atoms with E-state index in [1.54, 1.807) is 11.6 Å². The minimum atomic E-state index is -0.950. The molecule has 1 aromatic rings. The second-order valence-electron chi connectivity index (χ2n) is 3.36. The summed E-state index contributed by atoms with van der Waals surface area (Å²) in [5, 5.41) is 16.2. The van der Waals surface area contributed by atoms with E-state index < -0.39 is 5.97 Å². The number of carboxylic acids is 1. The van der Waals surface area contributed by atoms with Gasteiger partial charge in [-0.1, -0.05) is 17.8 Å². The lowest BCUT2D eigenvalue weighted by atomic mass is 10.3. The lowest BCUT2D eigenvalue weighted by molar-refractivity contribution is -0.133. The molecule has 84 valence electrons. The van der Waals surface area contributed by atoms with Crippen LogP contribution >= 0.6 is 11.8 Å². The van der Waals surface area contributed by atoms with Crippen LogP contribution in [0.4, 0.5) is 5.82 Å². The van der Waals surface area contributed by atoms with Crippen molar-refractivity contribution in [3.05, 3.63) is 35.0 Å². The number of hydrogen-bond acceptors (Lipinski definition) is 5. The van der Waals surface area contributed by atoms with Crippen LogP contribution in [-0.2, 0) is 4.79 Å². The molecule has 0 bridgehead atoms. The summed E-state index contributed by atoms with van der Waals surface area (Å²) in [6.07, 6.45) is 1.76. The summed E-state index contributed by atoms with van der Waals surface area (Å²) < 4.78 is 0. The van der Waals surface area contributed by atoms with E-state index in [9.17, 15) is 4.79 Å². The molecule has 5 nitrogen and oxygen atoms in total. The van der Waals surface area contributed by atoms with E-state index in [2.05, 4.69) is 15.6 Å². The van der Waals surface area contributed by atoms with Crippen molar-refractivity contribution in [1.82, 2.24) is 10.3 Å². The first-order chi connectivity index (χ1) is 7.65. The number of pyridine rings is 1. The van der Waals surface area contributed by atoms with Gasteiger partial charge in [0, 0.05) is 11.6 Å². The molecule has 0 spiro atoms. The Morgan fingerprint density at radius 2 is 2.44 bits per heavy atom. The normalized spacial score (nSPS) is 18.8. The summed E-state index contributed by atoms with van der Waals surface area (Å²) >= 11 is 1.37. The zero-order valence-corrected chi connectivity index (χ0v) is 9.41. The van der Waals surface area contributed by atoms with Crippen LogP contribution in [0, 0.1) is 6.92 Å². The summed E-state index contributed by atoms with van der Waals surface area (Å²) in [5.41, 5.74) is 1.11. The lowest BCUT2D eigenvalue weighted by Gasteiger charge is -2.14. The number of carboxylic acid groups (broad SMARTS) is 1. The van der Waals surface area contributed by atoms with Gasteiger partial charge in [0.05, 0.1) is 0 Å². The Morgan fingerprint density at radius 1 is 1.62 bits per heavy atom. The number of thioether (sulfide) groups is 1. The van der Waals surface area contributed by atoms with Crippen LogP contribution in [0.25, 0.3) is 0 Å². The van der Waals surface area contributed by atoms with Crippen molar-refractivity contribution in [2.75, 3.05) is 5.32 Å². The van der Waals surface area contributed by atoms with Gasteiger partial charge in [0.25, 0.3) is 0 Å². The van der Waals surface area contributed by atoms with Gasteiger partial charge in [0.2, 0.25) is 0 Å². The van der Waals surface area contributed by atoms with Gasteiger partial charge in [0.1, 0.15) is 11.5 Å². The number of anilines is 1. The number of nitrogens with one attached hydrogen (secondary N) is 2. The fraction of sp³-hybridized carbons (Fsp3) is 0.200. The molecule has 3 N–H and O–H groups in total. The Hall–Kier alpha value is -1.69. The maximum atomic E-state index is 10.7. The molecule has 0 amide bonds. The van der Waals surface area contributed by atoms with Crippen LogP contribution in [-0.4, -0.2) is 21.6 Å². The van der Waals surface area contributed by atoms with Crippen LogP contribution in [0.1, 0.15) is 5.56 Å². The average molecular weight is 237 g/mol. The Morgan fingerprint density at radius 3 is 3.00 bits per heavy atom. The molecule has 1 aliphatic rings. The van der Waals surface area contributed by atoms with Crippen LogP contribution < -0.4 is 10.6 Å². The van der Waals surface area contributed by atoms with Gasteiger partial charge >= 0.3 is 5.97 Å². The number of aryl methyl sites for hydroxylation is 1. The van der Waals surface area contributed by atoms with Crippen molar-refractivity contribution in [3.63, 3.8) is 0 Å². The molecule has 2 heterocycles. The summed E-state index contributed by atoms with van der Waals surface area (Å²) in [7, 11) is 0. The van der Waals surface area contributed by atoms with E-state index in [4.69, 9.17) is 5.11 Å². The number of rotatable bonds is 3. The number of aliphatic carboxylic acids is 1. The summed E-state index contributed by atoms with van der Waals surface area (Å²) in [4.78, 5) is 14.8. The highest BCUT2D eigenvalue weighted by atomic mass is 32.2. The minimum absolute atomic E-state index is 0.179. The topological polar surface area (TPSA) is 74.2 Å². The van der Waals surface area contributed by atoms with E-state index in [0.717, 1.165) is 11.4 Å². The molecule has 0 saturated carbocycles. The fourth-order valence-electron chi connectivity index (χ4n) is 1.22. The molecule has 1 unspecified atom stereocenters. The standard InChI is InChI=1S/C10H11N3O2S/c1-6-2-3-8(11-4-6)13-10-12-7(5-16-10)9(14)15/h2-5,10,12H,1H3,(H,11,13)(H,14,15). The maximum Gasteiger partial charge on any atom is 0.352 e. The Kier molecular flexibility index (Phi) is 3.00. The molecular weight excluding hydrogens is 226 g/mol. The molecule has 6 heteroatoms. The number of aromatic nitrogens is 1. The fourth-order valence-corrected chi connectivity index (χ4v) is 2.04. The molecule has 1 aliphatic heterocycles. The summed E-state index contributed by atoms with van der Waals surface area (Å²) in [6.45, 7) is 1.96. The van der Waals surface area contributed by atoms with Crippen LogP contribution in [0.3, 0.4) is 0 Å². The third-order valence-electron chi connectivity index (χ3n) is 2.03. The molecule has 16 heavy (non-hydrogen) atoms. The molecule has 2 rings (SSSR count). The Balaban J connectivity index is 1.94. The quantitative estimate of drug-likeness (QED) is 0.737. The van der Waals surface area contributed by atoms with Gasteiger partial charge in [-0.25, -0.2) is 9.78 Å². The third-order valence-corrected chi connectivity index (χ3v) is 2.91. The first kappa shape index (κ1) is 10.8. The van der Waals surface area contributed by atoms with E-state index in [0.29, 0.717) is 0 Å². The molecule has 0 saturated heterocycles. The van der Waals surface area contributed by atoms with Crippen molar-refractivity contribution in [1.29, 1.82) is 0 Å². The average Bonchev–Trinajstić information content (AvgIpc) is 2.70. The highest BCUT2D eigenvalue weighted by molar-refractivity contribution is 8.03. The van der Waals surface area contributed by atoms with Crippen LogP contribution in [0.2, 0.25) is 0 Å². The van der Waals surface area contributed by atoms with Crippen molar-refractivity contribution in [2.45, 2.75) is 12.4 Å². The molecule has 1 atom stereocenters. The second kappa shape index (κ2) is 4.44. The van der Waals surface area contributed by atoms with Gasteiger partial charge in [-0.15, -0.1) is 0 Å². The van der Waals surface area contributed by atoms with Crippen molar-refractivity contribution in [2.24, 2.45) is 0 Å². The number of carbonyl (C=O) groups is 1. The largest absolute Gasteiger partial charge is 0.477 e. The first-order valence-corrected chi connectivity index (χ1v) is 5.64.